The quantitative estimate of drug-likeness (QED) is 0.763. The maximum atomic E-state index is 12.0. The van der Waals surface area contributed by atoms with Crippen molar-refractivity contribution in [1.29, 1.82) is 0 Å². The van der Waals surface area contributed by atoms with E-state index in [1.165, 1.54) is 0 Å². The lowest BCUT2D eigenvalue weighted by molar-refractivity contribution is -0.161. The number of rotatable bonds is 2. The van der Waals surface area contributed by atoms with Gasteiger partial charge in [-0.2, -0.15) is 13.2 Å². The summed E-state index contributed by atoms with van der Waals surface area (Å²) in [4.78, 5) is 23.0. The summed E-state index contributed by atoms with van der Waals surface area (Å²) in [5.74, 6) is -1.27. The van der Waals surface area contributed by atoms with E-state index in [9.17, 15) is 22.8 Å². The number of alkyl halides is 3. The summed E-state index contributed by atoms with van der Waals surface area (Å²) >= 11 is 0. The highest BCUT2D eigenvalue weighted by atomic mass is 19.4. The Balaban J connectivity index is 2.48. The smallest absolute Gasteiger partial charge is 0.355 e. The lowest BCUT2D eigenvalue weighted by atomic mass is 9.98. The van der Waals surface area contributed by atoms with Crippen LogP contribution in [0.1, 0.15) is 12.8 Å². The van der Waals surface area contributed by atoms with E-state index in [-0.39, 0.29) is 18.9 Å². The maximum absolute atomic E-state index is 12.0. The number of amides is 2. The lowest BCUT2D eigenvalue weighted by Gasteiger charge is -2.27. The highest BCUT2D eigenvalue weighted by Gasteiger charge is 2.34. The molecular weight excluding hydrogens is 225 g/mol. The molecule has 16 heavy (non-hydrogen) atoms. The van der Waals surface area contributed by atoms with Crippen molar-refractivity contribution in [2.45, 2.75) is 19.0 Å². The van der Waals surface area contributed by atoms with Crippen LogP contribution in [0, 0.1) is 5.92 Å². The molecule has 1 N–H and O–H groups in total. The second-order valence-electron chi connectivity index (χ2n) is 3.85. The van der Waals surface area contributed by atoms with E-state index in [1.54, 1.807) is 0 Å². The van der Waals surface area contributed by atoms with Crippen molar-refractivity contribution in [3.8, 4) is 0 Å². The Kier molecular flexibility index (Phi) is 3.77. The van der Waals surface area contributed by atoms with Gasteiger partial charge in [-0.15, -0.1) is 0 Å². The van der Waals surface area contributed by atoms with Crippen LogP contribution < -0.4 is 5.32 Å². The first-order valence-corrected chi connectivity index (χ1v) is 4.88. The normalized spacial score (nSPS) is 21.5. The molecular formula is C9H13F3N2O2. The maximum Gasteiger partial charge on any atom is 0.406 e. The van der Waals surface area contributed by atoms with Crippen LogP contribution in [0.4, 0.5) is 13.2 Å². The molecule has 1 aliphatic rings. The molecule has 0 aromatic carbocycles. The SMILES string of the molecule is CN(CC(F)(F)F)C(=O)C1CCC(=O)NC1. The molecule has 0 radical (unpaired) electrons. The summed E-state index contributed by atoms with van der Waals surface area (Å²) in [5, 5.41) is 2.46. The van der Waals surface area contributed by atoms with Crippen molar-refractivity contribution in [1.82, 2.24) is 10.2 Å². The van der Waals surface area contributed by atoms with Crippen LogP contribution in [0.25, 0.3) is 0 Å². The molecule has 0 bridgehead atoms. The molecule has 2 amide bonds. The summed E-state index contributed by atoms with van der Waals surface area (Å²) in [6, 6.07) is 0. The summed E-state index contributed by atoms with van der Waals surface area (Å²) < 4.78 is 36.1. The third kappa shape index (κ3) is 3.71. The van der Waals surface area contributed by atoms with E-state index >= 15 is 0 Å². The van der Waals surface area contributed by atoms with E-state index < -0.39 is 24.5 Å². The van der Waals surface area contributed by atoms with Gasteiger partial charge >= 0.3 is 6.18 Å². The van der Waals surface area contributed by atoms with Gasteiger partial charge in [0.1, 0.15) is 6.54 Å². The number of halogens is 3. The molecule has 92 valence electrons. The second-order valence-corrected chi connectivity index (χ2v) is 3.85. The predicted molar refractivity (Wildman–Crippen MR) is 49.4 cm³/mol. The minimum atomic E-state index is -4.39. The van der Waals surface area contributed by atoms with Crippen LogP contribution in [0.5, 0.6) is 0 Å². The Bertz CT molecular complexity index is 281. The zero-order chi connectivity index (χ0) is 12.3. The van der Waals surface area contributed by atoms with Gasteiger partial charge in [-0.3, -0.25) is 9.59 Å². The molecule has 0 spiro atoms. The lowest BCUT2D eigenvalue weighted by Crippen LogP contribution is -2.45. The third-order valence-electron chi connectivity index (χ3n) is 2.41. The van der Waals surface area contributed by atoms with E-state index in [2.05, 4.69) is 5.32 Å². The topological polar surface area (TPSA) is 49.4 Å². The molecule has 0 aliphatic carbocycles. The fourth-order valence-electron chi connectivity index (χ4n) is 1.60. The summed E-state index contributed by atoms with van der Waals surface area (Å²) in [6.45, 7) is -1.13. The Morgan fingerprint density at radius 2 is 2.19 bits per heavy atom. The molecule has 1 heterocycles. The Labute approximate surface area is 90.8 Å². The van der Waals surface area contributed by atoms with Crippen molar-refractivity contribution in [3.05, 3.63) is 0 Å². The van der Waals surface area contributed by atoms with E-state index in [0.29, 0.717) is 11.3 Å². The number of carbonyl (C=O) groups excluding carboxylic acids is 2. The molecule has 1 atom stereocenters. The Morgan fingerprint density at radius 1 is 1.56 bits per heavy atom. The van der Waals surface area contributed by atoms with Crippen molar-refractivity contribution >= 4 is 11.8 Å². The number of hydrogen-bond acceptors (Lipinski definition) is 2. The highest BCUT2D eigenvalue weighted by molar-refractivity contribution is 5.83. The van der Waals surface area contributed by atoms with Gasteiger partial charge in [0.05, 0.1) is 5.92 Å². The average Bonchev–Trinajstić information content (AvgIpc) is 2.15. The molecule has 7 heteroatoms. The molecule has 1 unspecified atom stereocenters. The van der Waals surface area contributed by atoms with Gasteiger partial charge in [0.15, 0.2) is 0 Å². The monoisotopic (exact) mass is 238 g/mol. The molecule has 0 aromatic heterocycles. The van der Waals surface area contributed by atoms with Crippen molar-refractivity contribution in [2.75, 3.05) is 20.1 Å². The molecule has 1 rings (SSSR count). The number of carbonyl (C=O) groups is 2. The van der Waals surface area contributed by atoms with Gasteiger partial charge < -0.3 is 10.2 Å². The summed E-state index contributed by atoms with van der Waals surface area (Å²) in [6.07, 6.45) is -3.88. The van der Waals surface area contributed by atoms with E-state index in [1.807, 2.05) is 0 Å². The zero-order valence-electron chi connectivity index (χ0n) is 8.80. The number of hydrogen-bond donors (Lipinski definition) is 1. The molecule has 1 fully saturated rings. The van der Waals surface area contributed by atoms with Gasteiger partial charge in [0.2, 0.25) is 11.8 Å². The van der Waals surface area contributed by atoms with Gasteiger partial charge in [0.25, 0.3) is 0 Å². The fraction of sp³-hybridized carbons (Fsp3) is 0.778. The minimum absolute atomic E-state index is 0.125. The van der Waals surface area contributed by atoms with Crippen LogP contribution in [0.15, 0.2) is 0 Å². The summed E-state index contributed by atoms with van der Waals surface area (Å²) in [5.41, 5.74) is 0. The van der Waals surface area contributed by atoms with E-state index in [4.69, 9.17) is 0 Å². The standard InChI is InChI=1S/C9H13F3N2O2/c1-14(5-9(10,11)12)8(16)6-2-3-7(15)13-4-6/h6H,2-5H2,1H3,(H,13,15). The first-order valence-electron chi connectivity index (χ1n) is 4.88. The van der Waals surface area contributed by atoms with Crippen LogP contribution in [0.2, 0.25) is 0 Å². The van der Waals surface area contributed by atoms with Crippen LogP contribution in [-0.4, -0.2) is 43.0 Å². The van der Waals surface area contributed by atoms with Crippen molar-refractivity contribution in [2.24, 2.45) is 5.92 Å². The molecule has 1 saturated heterocycles. The van der Waals surface area contributed by atoms with Crippen molar-refractivity contribution < 1.29 is 22.8 Å². The molecule has 1 aliphatic heterocycles. The van der Waals surface area contributed by atoms with Crippen molar-refractivity contribution in [3.63, 3.8) is 0 Å². The largest absolute Gasteiger partial charge is 0.406 e. The van der Waals surface area contributed by atoms with Gasteiger partial charge in [-0.05, 0) is 6.42 Å². The van der Waals surface area contributed by atoms with Crippen LogP contribution in [-0.2, 0) is 9.59 Å². The minimum Gasteiger partial charge on any atom is -0.355 e. The van der Waals surface area contributed by atoms with Crippen LogP contribution in [0.3, 0.4) is 0 Å². The number of nitrogens with zero attached hydrogens (tertiary/aromatic N) is 1. The first kappa shape index (κ1) is 12.8. The Morgan fingerprint density at radius 3 is 2.62 bits per heavy atom. The molecule has 4 nitrogen and oxygen atoms in total. The van der Waals surface area contributed by atoms with Gasteiger partial charge in [0, 0.05) is 20.0 Å². The van der Waals surface area contributed by atoms with E-state index in [0.717, 1.165) is 7.05 Å². The highest BCUT2D eigenvalue weighted by Crippen LogP contribution is 2.19. The Hall–Kier alpha value is -1.27. The molecule has 0 aromatic rings. The van der Waals surface area contributed by atoms with Gasteiger partial charge in [-0.25, -0.2) is 0 Å². The molecule has 0 saturated carbocycles. The third-order valence-corrected chi connectivity index (χ3v) is 2.41. The predicted octanol–water partition coefficient (Wildman–Crippen LogP) is 0.533. The van der Waals surface area contributed by atoms with Crippen LogP contribution >= 0.6 is 0 Å². The number of nitrogens with one attached hydrogen (secondary N) is 1. The summed E-state index contributed by atoms with van der Waals surface area (Å²) in [7, 11) is 1.12. The second kappa shape index (κ2) is 4.71. The van der Waals surface area contributed by atoms with Gasteiger partial charge in [-0.1, -0.05) is 0 Å². The average molecular weight is 238 g/mol. The first-order chi connectivity index (χ1) is 7.29. The fourth-order valence-corrected chi connectivity index (χ4v) is 1.60. The number of piperidine rings is 1. The zero-order valence-corrected chi connectivity index (χ0v) is 8.80.